The van der Waals surface area contributed by atoms with Crippen molar-refractivity contribution >= 4 is 16.9 Å². The first-order valence-corrected chi connectivity index (χ1v) is 10.0. The molecule has 5 rings (SSSR count). The summed E-state index contributed by atoms with van der Waals surface area (Å²) in [5.74, 6) is 0.981. The zero-order chi connectivity index (χ0) is 18.8. The molecule has 2 aliphatic heterocycles. The number of rotatable bonds is 4. The molecule has 0 amide bonds. The molecule has 0 aromatic carbocycles. The molecule has 2 fully saturated rings. The van der Waals surface area contributed by atoms with Crippen molar-refractivity contribution in [3.8, 4) is 0 Å². The quantitative estimate of drug-likeness (QED) is 0.685. The van der Waals surface area contributed by atoms with Crippen LogP contribution in [0.3, 0.4) is 0 Å². The van der Waals surface area contributed by atoms with Gasteiger partial charge in [-0.1, -0.05) is 0 Å². The highest BCUT2D eigenvalue weighted by Crippen LogP contribution is 2.29. The predicted octanol–water partition coefficient (Wildman–Crippen LogP) is 1.89. The van der Waals surface area contributed by atoms with Gasteiger partial charge in [-0.3, -0.25) is 9.88 Å². The summed E-state index contributed by atoms with van der Waals surface area (Å²) in [5.41, 5.74) is 2.27. The van der Waals surface area contributed by atoms with Crippen LogP contribution >= 0.6 is 0 Å². The fourth-order valence-electron chi connectivity index (χ4n) is 4.21. The molecule has 0 radical (unpaired) electrons. The number of ether oxygens (including phenoxy) is 1. The first kappa shape index (κ1) is 17.5. The van der Waals surface area contributed by atoms with E-state index in [-0.39, 0.29) is 0 Å². The molecule has 3 aromatic rings. The van der Waals surface area contributed by atoms with Crippen LogP contribution < -0.4 is 4.90 Å². The molecule has 8 nitrogen and oxygen atoms in total. The van der Waals surface area contributed by atoms with E-state index in [2.05, 4.69) is 41.6 Å². The van der Waals surface area contributed by atoms with Gasteiger partial charge < -0.3 is 9.64 Å². The van der Waals surface area contributed by atoms with Gasteiger partial charge >= 0.3 is 0 Å². The molecule has 146 valence electrons. The minimum absolute atomic E-state index is 0.388. The number of hydrogen-bond donors (Lipinski definition) is 0. The summed E-state index contributed by atoms with van der Waals surface area (Å²) in [6, 6.07) is 4.58. The van der Waals surface area contributed by atoms with Crippen molar-refractivity contribution < 1.29 is 4.74 Å². The maximum atomic E-state index is 5.47. The lowest BCUT2D eigenvalue weighted by molar-refractivity contribution is 0.122. The molecule has 28 heavy (non-hydrogen) atoms. The summed E-state index contributed by atoms with van der Waals surface area (Å²) < 4.78 is 7.59. The molecule has 0 bridgehead atoms. The summed E-state index contributed by atoms with van der Waals surface area (Å²) in [5, 5.41) is 5.76. The lowest BCUT2D eigenvalue weighted by Crippen LogP contribution is -2.37. The van der Waals surface area contributed by atoms with Crippen LogP contribution in [0.25, 0.3) is 11.0 Å². The molecule has 0 unspecified atom stereocenters. The lowest BCUT2D eigenvalue weighted by Gasteiger charge is -2.32. The number of likely N-dealkylation sites (tertiary alicyclic amines) is 1. The number of morpholine rings is 1. The number of pyridine rings is 1. The van der Waals surface area contributed by atoms with E-state index in [1.165, 1.54) is 5.56 Å². The highest BCUT2D eigenvalue weighted by Gasteiger charge is 2.25. The molecule has 0 atom stereocenters. The molecule has 3 aromatic heterocycles. The second kappa shape index (κ2) is 7.81. The van der Waals surface area contributed by atoms with Gasteiger partial charge in [0.1, 0.15) is 12.1 Å². The van der Waals surface area contributed by atoms with E-state index >= 15 is 0 Å². The zero-order valence-corrected chi connectivity index (χ0v) is 15.9. The Morgan fingerprint density at radius 3 is 2.57 bits per heavy atom. The Bertz CT molecular complexity index is 915. The van der Waals surface area contributed by atoms with Crippen LogP contribution in [0.2, 0.25) is 0 Å². The van der Waals surface area contributed by atoms with Crippen molar-refractivity contribution in [2.75, 3.05) is 44.3 Å². The maximum Gasteiger partial charge on any atom is 0.163 e. The fraction of sp³-hybridized carbons (Fsp3) is 0.500. The van der Waals surface area contributed by atoms with Gasteiger partial charge in [0.05, 0.1) is 30.8 Å². The zero-order valence-electron chi connectivity index (χ0n) is 15.9. The highest BCUT2D eigenvalue weighted by molar-refractivity contribution is 5.86. The monoisotopic (exact) mass is 379 g/mol. The van der Waals surface area contributed by atoms with Crippen molar-refractivity contribution in [3.63, 3.8) is 0 Å². The van der Waals surface area contributed by atoms with E-state index in [4.69, 9.17) is 9.84 Å². The molecule has 0 N–H and O–H groups in total. The Balaban J connectivity index is 1.30. The Labute approximate surface area is 164 Å². The van der Waals surface area contributed by atoms with Crippen molar-refractivity contribution in [1.29, 1.82) is 0 Å². The Morgan fingerprint density at radius 1 is 1.00 bits per heavy atom. The van der Waals surface area contributed by atoms with E-state index in [0.29, 0.717) is 6.04 Å². The summed E-state index contributed by atoms with van der Waals surface area (Å²) >= 11 is 0. The minimum Gasteiger partial charge on any atom is -0.378 e. The van der Waals surface area contributed by atoms with Gasteiger partial charge in [-0.25, -0.2) is 14.6 Å². The number of hydrogen-bond acceptors (Lipinski definition) is 7. The van der Waals surface area contributed by atoms with E-state index in [1.807, 2.05) is 18.6 Å². The second-order valence-corrected chi connectivity index (χ2v) is 7.49. The third kappa shape index (κ3) is 3.45. The highest BCUT2D eigenvalue weighted by atomic mass is 16.5. The van der Waals surface area contributed by atoms with Crippen molar-refractivity contribution in [3.05, 3.63) is 42.6 Å². The van der Waals surface area contributed by atoms with E-state index in [1.54, 1.807) is 6.33 Å². The van der Waals surface area contributed by atoms with Crippen molar-refractivity contribution in [1.82, 2.24) is 29.6 Å². The van der Waals surface area contributed by atoms with Gasteiger partial charge in [-0.2, -0.15) is 5.10 Å². The topological polar surface area (TPSA) is 72.2 Å². The van der Waals surface area contributed by atoms with Gasteiger partial charge in [0.2, 0.25) is 0 Å². The third-order valence-corrected chi connectivity index (χ3v) is 5.74. The van der Waals surface area contributed by atoms with E-state index in [0.717, 1.165) is 75.6 Å². The number of anilines is 1. The van der Waals surface area contributed by atoms with Crippen LogP contribution in [0.1, 0.15) is 24.4 Å². The summed E-state index contributed by atoms with van der Waals surface area (Å²) in [6.07, 6.45) is 9.50. The van der Waals surface area contributed by atoms with Crippen molar-refractivity contribution in [2.24, 2.45) is 0 Å². The van der Waals surface area contributed by atoms with E-state index < -0.39 is 0 Å². The molecule has 8 heteroatoms. The second-order valence-electron chi connectivity index (χ2n) is 7.49. The number of fused-ring (bicyclic) bond motifs is 1. The number of nitrogens with zero attached hydrogens (tertiary/aromatic N) is 7. The van der Waals surface area contributed by atoms with Gasteiger partial charge in [0.25, 0.3) is 0 Å². The predicted molar refractivity (Wildman–Crippen MR) is 106 cm³/mol. The normalized spacial score (nSPS) is 19.4. The molecular formula is C20H25N7O. The van der Waals surface area contributed by atoms with Crippen LogP contribution in [0.4, 0.5) is 5.82 Å². The lowest BCUT2D eigenvalue weighted by atomic mass is 10.0. The molecular weight excluding hydrogens is 354 g/mol. The third-order valence-electron chi connectivity index (χ3n) is 5.74. The van der Waals surface area contributed by atoms with Gasteiger partial charge in [0.15, 0.2) is 5.65 Å². The van der Waals surface area contributed by atoms with Crippen LogP contribution in [0.5, 0.6) is 0 Å². The molecule has 0 aliphatic carbocycles. The van der Waals surface area contributed by atoms with Gasteiger partial charge in [-0.15, -0.1) is 0 Å². The summed E-state index contributed by atoms with van der Waals surface area (Å²) in [7, 11) is 0. The molecule has 5 heterocycles. The SMILES string of the molecule is c1cc(CN2CCC(n3ncc4c(N5CCOCC5)ncnc43)CC2)ccn1. The van der Waals surface area contributed by atoms with Crippen LogP contribution in [-0.2, 0) is 11.3 Å². The molecule has 2 saturated heterocycles. The average molecular weight is 379 g/mol. The average Bonchev–Trinajstić information content (AvgIpc) is 3.20. The molecule has 0 spiro atoms. The number of aromatic nitrogens is 5. The van der Waals surface area contributed by atoms with Crippen LogP contribution in [0.15, 0.2) is 37.1 Å². The largest absolute Gasteiger partial charge is 0.378 e. The molecule has 2 aliphatic rings. The van der Waals surface area contributed by atoms with Gasteiger partial charge in [0, 0.05) is 45.1 Å². The Morgan fingerprint density at radius 2 is 1.79 bits per heavy atom. The maximum absolute atomic E-state index is 5.47. The van der Waals surface area contributed by atoms with Crippen LogP contribution in [0, 0.1) is 0 Å². The summed E-state index contributed by atoms with van der Waals surface area (Å²) in [4.78, 5) is 18.0. The van der Waals surface area contributed by atoms with Gasteiger partial charge in [-0.05, 0) is 30.5 Å². The smallest absolute Gasteiger partial charge is 0.163 e. The standard InChI is InChI=1S/C20H25N7O/c1-5-21-6-2-16(1)14-25-7-3-17(4-8-25)27-20-18(13-24-27)19(22-15-23-20)26-9-11-28-12-10-26/h1-2,5-6,13,15,17H,3-4,7-12,14H2. The first-order chi connectivity index (χ1) is 13.9. The fourth-order valence-corrected chi connectivity index (χ4v) is 4.21. The molecule has 0 saturated carbocycles. The van der Waals surface area contributed by atoms with Crippen molar-refractivity contribution in [2.45, 2.75) is 25.4 Å². The Hall–Kier alpha value is -2.58. The summed E-state index contributed by atoms with van der Waals surface area (Å²) in [6.45, 7) is 6.34. The van der Waals surface area contributed by atoms with E-state index in [9.17, 15) is 0 Å². The Kier molecular flexibility index (Phi) is 4.88. The minimum atomic E-state index is 0.388. The van der Waals surface area contributed by atoms with Crippen LogP contribution in [-0.4, -0.2) is 69.0 Å². The number of piperidine rings is 1. The first-order valence-electron chi connectivity index (χ1n) is 10.0.